The van der Waals surface area contributed by atoms with Gasteiger partial charge in [0.25, 0.3) is 0 Å². The number of benzene rings is 1. The van der Waals surface area contributed by atoms with Gasteiger partial charge >= 0.3 is 0 Å². The van der Waals surface area contributed by atoms with Gasteiger partial charge in [-0.15, -0.1) is 0 Å². The van der Waals surface area contributed by atoms with E-state index in [1.165, 1.54) is 0 Å². The highest BCUT2D eigenvalue weighted by Crippen LogP contribution is 2.24. The first-order valence-electron chi connectivity index (χ1n) is 6.18. The summed E-state index contributed by atoms with van der Waals surface area (Å²) in [4.78, 5) is 11.7. The van der Waals surface area contributed by atoms with E-state index in [1.54, 1.807) is 7.11 Å². The molecular weight excluding hydrogens is 228 g/mol. The van der Waals surface area contributed by atoms with E-state index in [0.29, 0.717) is 23.9 Å². The van der Waals surface area contributed by atoms with Gasteiger partial charge in [-0.05, 0) is 37.1 Å². The fourth-order valence-corrected chi connectivity index (χ4v) is 1.59. The van der Waals surface area contributed by atoms with Crippen molar-refractivity contribution >= 4 is 11.6 Å². The number of rotatable bonds is 6. The molecule has 1 rings (SSSR count). The van der Waals surface area contributed by atoms with E-state index >= 15 is 0 Å². The predicted molar refractivity (Wildman–Crippen MR) is 74.1 cm³/mol. The van der Waals surface area contributed by atoms with Gasteiger partial charge in [0.1, 0.15) is 5.75 Å². The maximum atomic E-state index is 11.7. The van der Waals surface area contributed by atoms with Crippen LogP contribution in [0.3, 0.4) is 0 Å². The summed E-state index contributed by atoms with van der Waals surface area (Å²) < 4.78 is 5.21. The van der Waals surface area contributed by atoms with Crippen LogP contribution in [0, 0.1) is 12.8 Å². The van der Waals surface area contributed by atoms with E-state index in [4.69, 9.17) is 4.74 Å². The van der Waals surface area contributed by atoms with Gasteiger partial charge in [0.15, 0.2) is 0 Å². The van der Waals surface area contributed by atoms with Crippen molar-refractivity contribution in [1.29, 1.82) is 0 Å². The van der Waals surface area contributed by atoms with Crippen molar-refractivity contribution in [1.82, 2.24) is 5.32 Å². The van der Waals surface area contributed by atoms with Crippen molar-refractivity contribution in [3.63, 3.8) is 0 Å². The quantitative estimate of drug-likeness (QED) is 0.813. The number of hydrogen-bond donors (Lipinski definition) is 2. The number of nitrogens with one attached hydrogen (secondary N) is 2. The number of carbonyl (C=O) groups excluding carboxylic acids is 1. The molecule has 0 aromatic heterocycles. The van der Waals surface area contributed by atoms with Crippen LogP contribution in [0.1, 0.15) is 19.4 Å². The number of anilines is 1. The molecule has 1 aromatic rings. The van der Waals surface area contributed by atoms with Crippen LogP contribution in [0.25, 0.3) is 0 Å². The van der Waals surface area contributed by atoms with Crippen LogP contribution < -0.4 is 15.4 Å². The Morgan fingerprint density at radius 2 is 2.11 bits per heavy atom. The molecule has 0 saturated heterocycles. The second kappa shape index (κ2) is 7.01. The van der Waals surface area contributed by atoms with E-state index in [2.05, 4.69) is 24.5 Å². The zero-order chi connectivity index (χ0) is 13.5. The van der Waals surface area contributed by atoms with Crippen molar-refractivity contribution in [2.24, 2.45) is 5.92 Å². The van der Waals surface area contributed by atoms with Crippen molar-refractivity contribution in [3.8, 4) is 5.75 Å². The molecule has 4 heteroatoms. The van der Waals surface area contributed by atoms with Crippen LogP contribution in [0.5, 0.6) is 5.75 Å². The van der Waals surface area contributed by atoms with Gasteiger partial charge in [-0.2, -0.15) is 0 Å². The van der Waals surface area contributed by atoms with Crippen LogP contribution >= 0.6 is 0 Å². The van der Waals surface area contributed by atoms with Crippen molar-refractivity contribution in [3.05, 3.63) is 23.8 Å². The Bertz CT molecular complexity index is 403. The first-order chi connectivity index (χ1) is 8.52. The third-order valence-electron chi connectivity index (χ3n) is 2.47. The number of methoxy groups -OCH3 is 1. The van der Waals surface area contributed by atoms with Crippen LogP contribution in [-0.2, 0) is 4.79 Å². The third kappa shape index (κ3) is 4.75. The summed E-state index contributed by atoms with van der Waals surface area (Å²) in [6, 6.07) is 5.71. The van der Waals surface area contributed by atoms with Crippen LogP contribution in [0.4, 0.5) is 5.69 Å². The third-order valence-corrected chi connectivity index (χ3v) is 2.47. The Labute approximate surface area is 109 Å². The lowest BCUT2D eigenvalue weighted by Gasteiger charge is -2.12. The first-order valence-corrected chi connectivity index (χ1v) is 6.18. The summed E-state index contributed by atoms with van der Waals surface area (Å²) >= 11 is 0. The highest BCUT2D eigenvalue weighted by molar-refractivity contribution is 5.93. The number of carbonyl (C=O) groups is 1. The summed E-state index contributed by atoms with van der Waals surface area (Å²) in [5, 5.41) is 5.95. The summed E-state index contributed by atoms with van der Waals surface area (Å²) in [6.45, 7) is 7.34. The fraction of sp³-hybridized carbons (Fsp3) is 0.500. The minimum absolute atomic E-state index is 0.0560. The molecule has 0 bridgehead atoms. The van der Waals surface area contributed by atoms with Crippen LogP contribution in [0.15, 0.2) is 18.2 Å². The van der Waals surface area contributed by atoms with E-state index in [9.17, 15) is 4.79 Å². The second-order valence-electron chi connectivity index (χ2n) is 4.78. The van der Waals surface area contributed by atoms with Gasteiger partial charge in [-0.3, -0.25) is 4.79 Å². The van der Waals surface area contributed by atoms with E-state index in [1.807, 2.05) is 25.1 Å². The molecule has 0 saturated carbocycles. The molecule has 0 spiro atoms. The Kier molecular flexibility index (Phi) is 5.65. The van der Waals surface area contributed by atoms with E-state index in [0.717, 1.165) is 12.1 Å². The van der Waals surface area contributed by atoms with E-state index < -0.39 is 0 Å². The monoisotopic (exact) mass is 250 g/mol. The summed E-state index contributed by atoms with van der Waals surface area (Å²) in [7, 11) is 1.59. The molecule has 0 aliphatic rings. The largest absolute Gasteiger partial charge is 0.495 e. The van der Waals surface area contributed by atoms with E-state index in [-0.39, 0.29) is 5.91 Å². The minimum Gasteiger partial charge on any atom is -0.495 e. The molecule has 1 amide bonds. The molecule has 0 radical (unpaired) electrons. The average Bonchev–Trinajstić information content (AvgIpc) is 2.28. The number of amides is 1. The number of aryl methyl sites for hydroxylation is 1. The lowest BCUT2D eigenvalue weighted by atomic mass is 10.2. The lowest BCUT2D eigenvalue weighted by Crippen LogP contribution is -2.30. The molecule has 4 nitrogen and oxygen atoms in total. The average molecular weight is 250 g/mol. The zero-order valence-corrected chi connectivity index (χ0v) is 11.5. The molecule has 2 N–H and O–H groups in total. The maximum absolute atomic E-state index is 11.7. The van der Waals surface area contributed by atoms with Gasteiger partial charge in [-0.25, -0.2) is 0 Å². The highest BCUT2D eigenvalue weighted by Gasteiger charge is 2.07. The Morgan fingerprint density at radius 1 is 1.39 bits per heavy atom. The van der Waals surface area contributed by atoms with Gasteiger partial charge in [0.05, 0.1) is 19.3 Å². The smallest absolute Gasteiger partial charge is 0.238 e. The summed E-state index contributed by atoms with van der Waals surface area (Å²) in [6.07, 6.45) is 0. The minimum atomic E-state index is -0.0560. The molecule has 0 aliphatic heterocycles. The summed E-state index contributed by atoms with van der Waals surface area (Å²) in [5.41, 5.74) is 1.80. The molecule has 0 atom stereocenters. The first kappa shape index (κ1) is 14.5. The Hall–Kier alpha value is -1.55. The summed E-state index contributed by atoms with van der Waals surface area (Å²) in [5.74, 6) is 1.16. The van der Waals surface area contributed by atoms with Gasteiger partial charge in [-0.1, -0.05) is 19.9 Å². The highest BCUT2D eigenvalue weighted by atomic mass is 16.5. The molecule has 0 unspecified atom stereocenters. The van der Waals surface area contributed by atoms with Gasteiger partial charge in [0, 0.05) is 0 Å². The van der Waals surface area contributed by atoms with Gasteiger partial charge in [0.2, 0.25) is 5.91 Å². The predicted octanol–water partition coefficient (Wildman–Crippen LogP) is 2.19. The van der Waals surface area contributed by atoms with Crippen molar-refractivity contribution in [2.45, 2.75) is 20.8 Å². The molecule has 0 fully saturated rings. The normalized spacial score (nSPS) is 10.5. The SMILES string of the molecule is COc1ccc(C)cc1NC(=O)CNCC(C)C. The van der Waals surface area contributed by atoms with Crippen LogP contribution in [0.2, 0.25) is 0 Å². The molecule has 0 aliphatic carbocycles. The fourth-order valence-electron chi connectivity index (χ4n) is 1.59. The lowest BCUT2D eigenvalue weighted by molar-refractivity contribution is -0.115. The molecule has 100 valence electrons. The molecule has 1 aromatic carbocycles. The molecule has 0 heterocycles. The maximum Gasteiger partial charge on any atom is 0.238 e. The van der Waals surface area contributed by atoms with Crippen LogP contribution in [-0.4, -0.2) is 26.1 Å². The number of ether oxygens (including phenoxy) is 1. The Balaban J connectivity index is 2.55. The van der Waals surface area contributed by atoms with Crippen molar-refractivity contribution in [2.75, 3.05) is 25.5 Å². The Morgan fingerprint density at radius 3 is 2.72 bits per heavy atom. The number of hydrogen-bond acceptors (Lipinski definition) is 3. The van der Waals surface area contributed by atoms with Crippen molar-refractivity contribution < 1.29 is 9.53 Å². The molecule has 18 heavy (non-hydrogen) atoms. The van der Waals surface area contributed by atoms with Gasteiger partial charge < -0.3 is 15.4 Å². The standard InChI is InChI=1S/C14H22N2O2/c1-10(2)8-15-9-14(17)16-12-7-11(3)5-6-13(12)18-4/h5-7,10,15H,8-9H2,1-4H3,(H,16,17). The zero-order valence-electron chi connectivity index (χ0n) is 11.5. The topological polar surface area (TPSA) is 50.4 Å². The molecular formula is C14H22N2O2. The second-order valence-corrected chi connectivity index (χ2v) is 4.78.